The highest BCUT2D eigenvalue weighted by molar-refractivity contribution is 6.09. The molecule has 0 aromatic heterocycles. The zero-order valence-corrected chi connectivity index (χ0v) is 11.9. The Hall–Kier alpha value is -2.49. The predicted molar refractivity (Wildman–Crippen MR) is 81.3 cm³/mol. The molecule has 0 spiro atoms. The van der Waals surface area contributed by atoms with Crippen LogP contribution < -0.4 is 15.4 Å². The van der Waals surface area contributed by atoms with E-state index in [1.165, 1.54) is 0 Å². The van der Waals surface area contributed by atoms with Gasteiger partial charge in [-0.1, -0.05) is 11.6 Å². The third kappa shape index (κ3) is 2.74. The molecule has 0 radical (unpaired) electrons. The quantitative estimate of drug-likeness (QED) is 0.872. The van der Waals surface area contributed by atoms with Crippen molar-refractivity contribution in [1.82, 2.24) is 0 Å². The van der Waals surface area contributed by atoms with Gasteiger partial charge in [-0.05, 0) is 43.3 Å². The molecule has 20 heavy (non-hydrogen) atoms. The number of ether oxygens (including phenoxy) is 1. The average Bonchev–Trinajstić information content (AvgIpc) is 2.48. The Labute approximate surface area is 118 Å². The molecule has 104 valence electrons. The molecule has 0 heterocycles. The van der Waals surface area contributed by atoms with E-state index in [1.54, 1.807) is 31.2 Å². The first-order valence-corrected chi connectivity index (χ1v) is 6.31. The van der Waals surface area contributed by atoms with E-state index < -0.39 is 0 Å². The number of amides is 1. The van der Waals surface area contributed by atoms with Crippen LogP contribution in [0.1, 0.15) is 15.9 Å². The Kier molecular flexibility index (Phi) is 3.94. The van der Waals surface area contributed by atoms with Gasteiger partial charge in [0.2, 0.25) is 0 Å². The molecule has 2 N–H and O–H groups in total. The summed E-state index contributed by atoms with van der Waals surface area (Å²) in [7, 11) is 3.34. The summed E-state index contributed by atoms with van der Waals surface area (Å²) in [4.78, 5) is 14.1. The number of nitrogens with two attached hydrogens (primary N) is 1. The average molecular weight is 270 g/mol. The Bertz CT molecular complexity index is 621. The minimum atomic E-state index is -0.128. The van der Waals surface area contributed by atoms with Crippen LogP contribution in [0.4, 0.5) is 11.4 Å². The lowest BCUT2D eigenvalue weighted by Crippen LogP contribution is -2.27. The number of hydrogen-bond acceptors (Lipinski definition) is 3. The molecule has 2 aromatic carbocycles. The van der Waals surface area contributed by atoms with Gasteiger partial charge in [-0.25, -0.2) is 0 Å². The number of rotatable bonds is 3. The molecule has 0 fully saturated rings. The van der Waals surface area contributed by atoms with Crippen LogP contribution in [-0.2, 0) is 0 Å². The molecule has 0 unspecified atom stereocenters. The molecule has 0 aliphatic carbocycles. The van der Waals surface area contributed by atoms with E-state index in [2.05, 4.69) is 0 Å². The normalized spacial score (nSPS) is 10.2. The highest BCUT2D eigenvalue weighted by atomic mass is 16.5. The molecule has 1 amide bonds. The zero-order chi connectivity index (χ0) is 14.7. The highest BCUT2D eigenvalue weighted by Crippen LogP contribution is 2.22. The van der Waals surface area contributed by atoms with Crippen LogP contribution in [0.15, 0.2) is 42.5 Å². The van der Waals surface area contributed by atoms with Crippen molar-refractivity contribution in [2.24, 2.45) is 0 Å². The topological polar surface area (TPSA) is 55.6 Å². The van der Waals surface area contributed by atoms with Crippen molar-refractivity contribution in [3.63, 3.8) is 0 Å². The first-order valence-electron chi connectivity index (χ1n) is 6.31. The van der Waals surface area contributed by atoms with Gasteiger partial charge in [0.05, 0.1) is 12.7 Å². The lowest BCUT2D eigenvalue weighted by Gasteiger charge is -2.19. The van der Waals surface area contributed by atoms with Crippen LogP contribution in [0.5, 0.6) is 5.75 Å². The standard InChI is InChI=1S/C16H18N2O2/c1-11-4-9-15(17)14(10-11)16(19)18(2)12-5-7-13(20-3)8-6-12/h4-10H,17H2,1-3H3. The van der Waals surface area contributed by atoms with Crippen molar-refractivity contribution in [3.8, 4) is 5.75 Å². The maximum Gasteiger partial charge on any atom is 0.260 e. The lowest BCUT2D eigenvalue weighted by atomic mass is 10.1. The van der Waals surface area contributed by atoms with Crippen molar-refractivity contribution in [3.05, 3.63) is 53.6 Å². The molecule has 0 aliphatic heterocycles. The zero-order valence-electron chi connectivity index (χ0n) is 11.9. The summed E-state index contributed by atoms with van der Waals surface area (Å²) in [6, 6.07) is 12.8. The summed E-state index contributed by atoms with van der Waals surface area (Å²) in [6.07, 6.45) is 0. The SMILES string of the molecule is COc1ccc(N(C)C(=O)c2cc(C)ccc2N)cc1. The van der Waals surface area contributed by atoms with E-state index in [1.807, 2.05) is 37.3 Å². The second kappa shape index (κ2) is 5.65. The Morgan fingerprint density at radius 1 is 1.15 bits per heavy atom. The number of carbonyl (C=O) groups is 1. The van der Waals surface area contributed by atoms with Gasteiger partial charge in [0.25, 0.3) is 5.91 Å². The minimum Gasteiger partial charge on any atom is -0.497 e. The molecule has 0 atom stereocenters. The van der Waals surface area contributed by atoms with Crippen LogP contribution in [0.2, 0.25) is 0 Å². The van der Waals surface area contributed by atoms with Gasteiger partial charge in [-0.3, -0.25) is 4.79 Å². The Morgan fingerprint density at radius 3 is 2.40 bits per heavy atom. The molecule has 4 nitrogen and oxygen atoms in total. The summed E-state index contributed by atoms with van der Waals surface area (Å²) in [5.74, 6) is 0.626. The van der Waals surface area contributed by atoms with Gasteiger partial charge in [0, 0.05) is 18.4 Å². The third-order valence-corrected chi connectivity index (χ3v) is 3.20. The minimum absolute atomic E-state index is 0.128. The van der Waals surface area contributed by atoms with Gasteiger partial charge in [0.15, 0.2) is 0 Å². The van der Waals surface area contributed by atoms with Crippen LogP contribution in [0, 0.1) is 6.92 Å². The molecule has 2 rings (SSSR count). The predicted octanol–water partition coefficient (Wildman–Crippen LogP) is 2.86. The maximum atomic E-state index is 12.5. The summed E-state index contributed by atoms with van der Waals surface area (Å²) >= 11 is 0. The van der Waals surface area contributed by atoms with Crippen molar-refractivity contribution >= 4 is 17.3 Å². The number of nitrogens with zero attached hydrogens (tertiary/aromatic N) is 1. The van der Waals surface area contributed by atoms with Crippen LogP contribution in [-0.4, -0.2) is 20.1 Å². The van der Waals surface area contributed by atoms with Gasteiger partial charge in [-0.2, -0.15) is 0 Å². The molecular weight excluding hydrogens is 252 g/mol. The van der Waals surface area contributed by atoms with Crippen molar-refractivity contribution in [1.29, 1.82) is 0 Å². The van der Waals surface area contributed by atoms with Gasteiger partial charge >= 0.3 is 0 Å². The number of aryl methyl sites for hydroxylation is 1. The largest absolute Gasteiger partial charge is 0.497 e. The second-order valence-electron chi connectivity index (χ2n) is 4.65. The van der Waals surface area contributed by atoms with Crippen LogP contribution >= 0.6 is 0 Å². The first kappa shape index (κ1) is 13.9. The third-order valence-electron chi connectivity index (χ3n) is 3.20. The van der Waals surface area contributed by atoms with Gasteiger partial charge in [0.1, 0.15) is 5.75 Å². The molecular formula is C16H18N2O2. The van der Waals surface area contributed by atoms with Crippen molar-refractivity contribution in [2.45, 2.75) is 6.92 Å². The summed E-state index contributed by atoms with van der Waals surface area (Å²) in [6.45, 7) is 1.93. The Balaban J connectivity index is 2.29. The number of anilines is 2. The number of carbonyl (C=O) groups excluding carboxylic acids is 1. The molecule has 0 aliphatic rings. The summed E-state index contributed by atoms with van der Waals surface area (Å²) in [5.41, 5.74) is 8.68. The summed E-state index contributed by atoms with van der Waals surface area (Å²) < 4.78 is 5.11. The molecule has 2 aromatic rings. The smallest absolute Gasteiger partial charge is 0.260 e. The molecule has 4 heteroatoms. The van der Waals surface area contributed by atoms with Gasteiger partial charge < -0.3 is 15.4 Å². The monoisotopic (exact) mass is 270 g/mol. The van der Waals surface area contributed by atoms with E-state index >= 15 is 0 Å². The first-order chi connectivity index (χ1) is 9.52. The van der Waals surface area contributed by atoms with Crippen molar-refractivity contribution in [2.75, 3.05) is 24.8 Å². The summed E-state index contributed by atoms with van der Waals surface area (Å²) in [5, 5.41) is 0. The van der Waals surface area contributed by atoms with Crippen LogP contribution in [0.3, 0.4) is 0 Å². The van der Waals surface area contributed by atoms with Crippen LogP contribution in [0.25, 0.3) is 0 Å². The van der Waals surface area contributed by atoms with Crippen molar-refractivity contribution < 1.29 is 9.53 Å². The van der Waals surface area contributed by atoms with E-state index in [-0.39, 0.29) is 5.91 Å². The van der Waals surface area contributed by atoms with E-state index in [4.69, 9.17) is 10.5 Å². The molecule has 0 saturated carbocycles. The fourth-order valence-electron chi connectivity index (χ4n) is 1.96. The van der Waals surface area contributed by atoms with E-state index in [0.717, 1.165) is 17.0 Å². The maximum absolute atomic E-state index is 12.5. The fraction of sp³-hybridized carbons (Fsp3) is 0.188. The number of hydrogen-bond donors (Lipinski definition) is 1. The second-order valence-corrected chi connectivity index (χ2v) is 4.65. The van der Waals surface area contributed by atoms with Gasteiger partial charge in [-0.15, -0.1) is 0 Å². The lowest BCUT2D eigenvalue weighted by molar-refractivity contribution is 0.0994. The highest BCUT2D eigenvalue weighted by Gasteiger charge is 2.16. The number of methoxy groups -OCH3 is 1. The Morgan fingerprint density at radius 2 is 1.80 bits per heavy atom. The fourth-order valence-corrected chi connectivity index (χ4v) is 1.96. The molecule has 0 bridgehead atoms. The number of benzene rings is 2. The van der Waals surface area contributed by atoms with E-state index in [9.17, 15) is 4.79 Å². The number of nitrogen functional groups attached to an aromatic ring is 1. The van der Waals surface area contributed by atoms with E-state index in [0.29, 0.717) is 11.3 Å². The molecule has 0 saturated heterocycles.